The molecule has 32 heavy (non-hydrogen) atoms. The molecule has 1 atom stereocenters. The molecule has 0 saturated carbocycles. The monoisotopic (exact) mass is 451 g/mol. The lowest BCUT2D eigenvalue weighted by atomic mass is 10.1. The molecule has 1 N–H and O–H groups in total. The molecular weight excluding hydrogens is 433 g/mol. The highest BCUT2D eigenvalue weighted by Gasteiger charge is 2.21. The van der Waals surface area contributed by atoms with E-state index < -0.39 is 0 Å². The smallest absolute Gasteiger partial charge is 0.263 e. The van der Waals surface area contributed by atoms with Crippen LogP contribution in [-0.4, -0.2) is 34.7 Å². The van der Waals surface area contributed by atoms with Crippen molar-refractivity contribution in [2.45, 2.75) is 12.6 Å². The minimum atomic E-state index is -0.351. The normalized spacial score (nSPS) is 15.0. The first-order valence-electron chi connectivity index (χ1n) is 9.96. The molecule has 0 saturated heterocycles. The number of rotatable bonds is 5. The molecular formula is C23H18FN3O4S. The fraction of sp³-hybridized carbons (Fsp3) is 0.174. The number of nitrogens with one attached hydrogen (secondary N) is 1. The maximum absolute atomic E-state index is 13.3. The lowest BCUT2D eigenvalue weighted by Crippen LogP contribution is -2.42. The molecule has 0 unspecified atom stereocenters. The van der Waals surface area contributed by atoms with Crippen LogP contribution in [0.2, 0.25) is 0 Å². The standard InChI is InChI=1S/C23H18FN3O4S/c24-15-7-5-14(6-8-15)17-12-32-22-21(17)23(29)27(13-26-22)10-20(28)25-9-16-11-30-18-3-1-2-4-19(18)31-16/h1-8,12-13,16H,9-11H2,(H,25,28)/t16-/m0/s1. The first-order chi connectivity index (χ1) is 15.6. The number of nitrogens with zero attached hydrogens (tertiary/aromatic N) is 2. The van der Waals surface area contributed by atoms with Crippen LogP contribution in [0.4, 0.5) is 4.39 Å². The van der Waals surface area contributed by atoms with Crippen molar-refractivity contribution in [3.8, 4) is 22.6 Å². The first kappa shape index (κ1) is 20.2. The van der Waals surface area contributed by atoms with E-state index in [1.807, 2.05) is 29.6 Å². The topological polar surface area (TPSA) is 82.5 Å². The Labute approximate surface area is 186 Å². The average molecular weight is 451 g/mol. The van der Waals surface area contributed by atoms with Gasteiger partial charge in [0.1, 0.15) is 29.9 Å². The van der Waals surface area contributed by atoms with Crippen molar-refractivity contribution in [3.05, 3.63) is 76.4 Å². The molecule has 1 aliphatic heterocycles. The first-order valence-corrected chi connectivity index (χ1v) is 10.8. The number of carbonyl (C=O) groups is 1. The predicted octanol–water partition coefficient (Wildman–Crippen LogP) is 3.22. The second-order valence-corrected chi connectivity index (χ2v) is 8.17. The number of thiophene rings is 1. The number of fused-ring (bicyclic) bond motifs is 2. The van der Waals surface area contributed by atoms with Gasteiger partial charge in [-0.25, -0.2) is 9.37 Å². The molecule has 2 aromatic carbocycles. The van der Waals surface area contributed by atoms with Gasteiger partial charge >= 0.3 is 0 Å². The van der Waals surface area contributed by atoms with E-state index in [0.29, 0.717) is 39.4 Å². The Balaban J connectivity index is 1.29. The number of hydrogen-bond donors (Lipinski definition) is 1. The van der Waals surface area contributed by atoms with Gasteiger partial charge in [-0.05, 0) is 29.8 Å². The van der Waals surface area contributed by atoms with Crippen molar-refractivity contribution < 1.29 is 18.7 Å². The number of benzene rings is 2. The molecule has 7 nitrogen and oxygen atoms in total. The van der Waals surface area contributed by atoms with Crippen molar-refractivity contribution in [2.24, 2.45) is 0 Å². The van der Waals surface area contributed by atoms with Gasteiger partial charge in [-0.1, -0.05) is 24.3 Å². The number of ether oxygens (including phenoxy) is 2. The molecule has 1 aliphatic rings. The van der Waals surface area contributed by atoms with Crippen LogP contribution >= 0.6 is 11.3 Å². The number of halogens is 1. The molecule has 1 amide bonds. The number of hydrogen-bond acceptors (Lipinski definition) is 6. The molecule has 9 heteroatoms. The van der Waals surface area contributed by atoms with Crippen LogP contribution in [-0.2, 0) is 11.3 Å². The summed E-state index contributed by atoms with van der Waals surface area (Å²) in [6, 6.07) is 13.3. The summed E-state index contributed by atoms with van der Waals surface area (Å²) in [5.74, 6) is 0.619. The summed E-state index contributed by atoms with van der Waals surface area (Å²) in [5, 5.41) is 5.01. The Morgan fingerprint density at radius 1 is 1.19 bits per heavy atom. The lowest BCUT2D eigenvalue weighted by molar-refractivity contribution is -0.122. The Morgan fingerprint density at radius 2 is 1.97 bits per heavy atom. The van der Waals surface area contributed by atoms with Crippen molar-refractivity contribution in [3.63, 3.8) is 0 Å². The fourth-order valence-electron chi connectivity index (χ4n) is 3.52. The Kier molecular flexibility index (Phi) is 5.32. The van der Waals surface area contributed by atoms with Crippen molar-refractivity contribution in [2.75, 3.05) is 13.2 Å². The van der Waals surface area contributed by atoms with Gasteiger partial charge in [-0.3, -0.25) is 14.2 Å². The van der Waals surface area contributed by atoms with E-state index in [1.54, 1.807) is 12.1 Å². The number of carbonyl (C=O) groups excluding carboxylic acids is 1. The quantitative estimate of drug-likeness (QED) is 0.504. The molecule has 0 bridgehead atoms. The van der Waals surface area contributed by atoms with Gasteiger partial charge in [-0.2, -0.15) is 0 Å². The maximum Gasteiger partial charge on any atom is 0.263 e. The zero-order chi connectivity index (χ0) is 22.1. The molecule has 162 valence electrons. The summed E-state index contributed by atoms with van der Waals surface area (Å²) in [7, 11) is 0. The van der Waals surface area contributed by atoms with E-state index in [4.69, 9.17) is 9.47 Å². The van der Waals surface area contributed by atoms with Crippen LogP contribution in [0.5, 0.6) is 11.5 Å². The second-order valence-electron chi connectivity index (χ2n) is 7.32. The van der Waals surface area contributed by atoms with Gasteiger partial charge in [0, 0.05) is 10.9 Å². The average Bonchev–Trinajstić information content (AvgIpc) is 3.25. The van der Waals surface area contributed by atoms with Crippen molar-refractivity contribution in [1.82, 2.24) is 14.9 Å². The van der Waals surface area contributed by atoms with Crippen LogP contribution in [0.1, 0.15) is 0 Å². The Bertz CT molecular complexity index is 1350. The summed E-state index contributed by atoms with van der Waals surface area (Å²) in [4.78, 5) is 30.4. The van der Waals surface area contributed by atoms with Crippen LogP contribution in [0.25, 0.3) is 21.3 Å². The summed E-state index contributed by atoms with van der Waals surface area (Å²) in [6.07, 6.45) is 1.04. The zero-order valence-electron chi connectivity index (χ0n) is 16.8. The SMILES string of the molecule is O=C(Cn1cnc2scc(-c3ccc(F)cc3)c2c1=O)NC[C@H]1COc2ccccc2O1. The number of para-hydroxylation sites is 2. The molecule has 0 radical (unpaired) electrons. The second kappa shape index (κ2) is 8.43. The van der Waals surface area contributed by atoms with Crippen molar-refractivity contribution in [1.29, 1.82) is 0 Å². The number of amides is 1. The number of aromatic nitrogens is 2. The lowest BCUT2D eigenvalue weighted by Gasteiger charge is -2.26. The van der Waals surface area contributed by atoms with Gasteiger partial charge in [-0.15, -0.1) is 11.3 Å². The summed E-state index contributed by atoms with van der Waals surface area (Å²) >= 11 is 1.33. The molecule has 2 aromatic heterocycles. The largest absolute Gasteiger partial charge is 0.486 e. The van der Waals surface area contributed by atoms with Crippen LogP contribution in [0, 0.1) is 5.82 Å². The van der Waals surface area contributed by atoms with Gasteiger partial charge < -0.3 is 14.8 Å². The van der Waals surface area contributed by atoms with Gasteiger partial charge in [0.05, 0.1) is 18.3 Å². The van der Waals surface area contributed by atoms with Gasteiger partial charge in [0.15, 0.2) is 11.5 Å². The van der Waals surface area contributed by atoms with E-state index in [9.17, 15) is 14.0 Å². The molecule has 4 aromatic rings. The Morgan fingerprint density at radius 3 is 2.78 bits per heavy atom. The highest BCUT2D eigenvalue weighted by atomic mass is 32.1. The highest BCUT2D eigenvalue weighted by molar-refractivity contribution is 7.17. The van der Waals surface area contributed by atoms with E-state index >= 15 is 0 Å². The third-order valence-corrected chi connectivity index (χ3v) is 6.01. The molecule has 3 heterocycles. The highest BCUT2D eigenvalue weighted by Crippen LogP contribution is 2.31. The minimum absolute atomic E-state index is 0.176. The summed E-state index contributed by atoms with van der Waals surface area (Å²) < 4.78 is 26.0. The van der Waals surface area contributed by atoms with Crippen molar-refractivity contribution >= 4 is 27.5 Å². The fourth-order valence-corrected chi connectivity index (χ4v) is 4.43. The maximum atomic E-state index is 13.3. The summed E-state index contributed by atoms with van der Waals surface area (Å²) in [6.45, 7) is 0.391. The summed E-state index contributed by atoms with van der Waals surface area (Å²) in [5.41, 5.74) is 1.06. The predicted molar refractivity (Wildman–Crippen MR) is 119 cm³/mol. The minimum Gasteiger partial charge on any atom is -0.486 e. The van der Waals surface area contributed by atoms with E-state index in [0.717, 1.165) is 0 Å². The van der Waals surface area contributed by atoms with Crippen LogP contribution in [0.15, 0.2) is 65.0 Å². The van der Waals surface area contributed by atoms with E-state index in [1.165, 1.54) is 34.4 Å². The third-order valence-electron chi connectivity index (χ3n) is 5.12. The van der Waals surface area contributed by atoms with Crippen LogP contribution in [0.3, 0.4) is 0 Å². The molecule has 0 fully saturated rings. The van der Waals surface area contributed by atoms with E-state index in [-0.39, 0.29) is 36.5 Å². The Hall–Kier alpha value is -3.72. The molecule has 5 rings (SSSR count). The zero-order valence-corrected chi connectivity index (χ0v) is 17.6. The third kappa shape index (κ3) is 3.94. The molecule has 0 spiro atoms. The van der Waals surface area contributed by atoms with E-state index in [2.05, 4.69) is 10.3 Å². The molecule has 0 aliphatic carbocycles. The van der Waals surface area contributed by atoms with Crippen LogP contribution < -0.4 is 20.3 Å². The van der Waals surface area contributed by atoms with Gasteiger partial charge in [0.2, 0.25) is 5.91 Å². The van der Waals surface area contributed by atoms with Gasteiger partial charge in [0.25, 0.3) is 5.56 Å².